The molecule has 7 heteroatoms. The van der Waals surface area contributed by atoms with E-state index in [9.17, 15) is 4.79 Å². The van der Waals surface area contributed by atoms with Crippen LogP contribution in [-0.2, 0) is 11.3 Å². The Morgan fingerprint density at radius 2 is 2.25 bits per heavy atom. The first-order valence-corrected chi connectivity index (χ1v) is 7.67. The Morgan fingerprint density at radius 3 is 2.92 bits per heavy atom. The smallest absolute Gasteiger partial charge is 0.258 e. The van der Waals surface area contributed by atoms with E-state index in [-0.39, 0.29) is 18.6 Å². The van der Waals surface area contributed by atoms with Crippen LogP contribution in [-0.4, -0.2) is 40.4 Å². The number of hydrogen-bond donors (Lipinski definition) is 1. The third-order valence-corrected chi connectivity index (χ3v) is 3.24. The highest BCUT2D eigenvalue weighted by atomic mass is 16.5. The normalized spacial score (nSPS) is 12.1. The molecule has 0 fully saturated rings. The van der Waals surface area contributed by atoms with Crippen LogP contribution >= 0.6 is 0 Å². The van der Waals surface area contributed by atoms with E-state index in [1.54, 1.807) is 24.2 Å². The van der Waals surface area contributed by atoms with Crippen LogP contribution in [0.2, 0.25) is 0 Å². The molecule has 0 bridgehead atoms. The van der Waals surface area contributed by atoms with E-state index < -0.39 is 0 Å². The van der Waals surface area contributed by atoms with E-state index in [4.69, 9.17) is 9.47 Å². The van der Waals surface area contributed by atoms with E-state index >= 15 is 0 Å². The summed E-state index contributed by atoms with van der Waals surface area (Å²) in [6, 6.07) is 5.48. The van der Waals surface area contributed by atoms with Crippen LogP contribution in [0.25, 0.3) is 6.08 Å². The molecular weight excluding hydrogens is 308 g/mol. The number of benzene rings is 1. The van der Waals surface area contributed by atoms with Crippen molar-refractivity contribution in [1.82, 2.24) is 20.1 Å². The first-order valence-electron chi connectivity index (χ1n) is 7.67. The molecule has 0 saturated carbocycles. The SMILES string of the molecule is CC=Cc1ccc(OCC(=O)NC(C)Cn2cncn2)c(OC)c1. The molecular formula is C17H22N4O3. The van der Waals surface area contributed by atoms with Gasteiger partial charge in [-0.1, -0.05) is 18.2 Å². The Bertz CT molecular complexity index is 683. The summed E-state index contributed by atoms with van der Waals surface area (Å²) in [5.74, 6) is 0.918. The lowest BCUT2D eigenvalue weighted by Gasteiger charge is -2.15. The first kappa shape index (κ1) is 17.5. The standard InChI is InChI=1S/C17H22N4O3/c1-4-5-14-6-7-15(16(8-14)23-3)24-10-17(22)20-13(2)9-21-12-18-11-19-21/h4-8,11-13H,9-10H2,1-3H3,(H,20,22). The lowest BCUT2D eigenvalue weighted by atomic mass is 10.2. The van der Waals surface area contributed by atoms with E-state index in [1.807, 2.05) is 38.1 Å². The third-order valence-electron chi connectivity index (χ3n) is 3.24. The number of ether oxygens (including phenoxy) is 2. The van der Waals surface area contributed by atoms with Crippen LogP contribution in [0, 0.1) is 0 Å². The van der Waals surface area contributed by atoms with Crippen LogP contribution in [0.3, 0.4) is 0 Å². The highest BCUT2D eigenvalue weighted by Gasteiger charge is 2.11. The van der Waals surface area contributed by atoms with Gasteiger partial charge in [0.15, 0.2) is 18.1 Å². The number of carbonyl (C=O) groups is 1. The van der Waals surface area contributed by atoms with Crippen molar-refractivity contribution in [3.63, 3.8) is 0 Å². The molecule has 0 radical (unpaired) electrons. The Labute approximate surface area is 141 Å². The number of amides is 1. The largest absolute Gasteiger partial charge is 0.493 e. The Hall–Kier alpha value is -2.83. The molecule has 0 aliphatic rings. The van der Waals surface area contributed by atoms with Crippen molar-refractivity contribution in [2.75, 3.05) is 13.7 Å². The molecule has 0 aliphatic carbocycles. The molecule has 1 unspecified atom stereocenters. The second kappa shape index (κ2) is 8.71. The molecule has 0 aliphatic heterocycles. The van der Waals surface area contributed by atoms with Gasteiger partial charge in [-0.25, -0.2) is 4.98 Å². The first-order chi connectivity index (χ1) is 11.6. The summed E-state index contributed by atoms with van der Waals surface area (Å²) < 4.78 is 12.5. The Kier molecular flexibility index (Phi) is 6.36. The third kappa shape index (κ3) is 5.12. The number of methoxy groups -OCH3 is 1. The lowest BCUT2D eigenvalue weighted by molar-refractivity contribution is -0.123. The molecule has 0 saturated heterocycles. The fraction of sp³-hybridized carbons (Fsp3) is 0.353. The van der Waals surface area contributed by atoms with Crippen molar-refractivity contribution in [2.24, 2.45) is 0 Å². The molecule has 7 nitrogen and oxygen atoms in total. The maximum Gasteiger partial charge on any atom is 0.258 e. The quantitative estimate of drug-likeness (QED) is 0.800. The minimum Gasteiger partial charge on any atom is -0.493 e. The van der Waals surface area contributed by atoms with E-state index in [1.165, 1.54) is 6.33 Å². The predicted octanol–water partition coefficient (Wildman–Crippen LogP) is 1.90. The van der Waals surface area contributed by atoms with Gasteiger partial charge in [0.05, 0.1) is 13.7 Å². The number of aromatic nitrogens is 3. The van der Waals surface area contributed by atoms with Crippen molar-refractivity contribution in [1.29, 1.82) is 0 Å². The van der Waals surface area contributed by atoms with Crippen LogP contribution in [0.1, 0.15) is 19.4 Å². The summed E-state index contributed by atoms with van der Waals surface area (Å²) in [5.41, 5.74) is 1.01. The molecule has 1 aromatic heterocycles. The van der Waals surface area contributed by atoms with Crippen LogP contribution in [0.5, 0.6) is 11.5 Å². The zero-order valence-electron chi connectivity index (χ0n) is 14.1. The Balaban J connectivity index is 1.86. The molecule has 2 aromatic rings. The molecule has 128 valence electrons. The summed E-state index contributed by atoms with van der Waals surface area (Å²) in [5, 5.41) is 6.86. The highest BCUT2D eigenvalue weighted by molar-refractivity contribution is 5.77. The van der Waals surface area contributed by atoms with Crippen molar-refractivity contribution in [3.05, 3.63) is 42.5 Å². The summed E-state index contributed by atoms with van der Waals surface area (Å²) in [6.45, 7) is 4.31. The van der Waals surface area contributed by atoms with Crippen LogP contribution in [0.15, 0.2) is 36.9 Å². The van der Waals surface area contributed by atoms with E-state index in [2.05, 4.69) is 15.4 Å². The average Bonchev–Trinajstić information content (AvgIpc) is 3.06. The van der Waals surface area contributed by atoms with Gasteiger partial charge in [-0.05, 0) is 31.5 Å². The van der Waals surface area contributed by atoms with Gasteiger partial charge in [-0.3, -0.25) is 9.48 Å². The van der Waals surface area contributed by atoms with Gasteiger partial charge in [0.1, 0.15) is 12.7 Å². The summed E-state index contributed by atoms with van der Waals surface area (Å²) in [4.78, 5) is 15.9. The minimum absolute atomic E-state index is 0.0817. The van der Waals surface area contributed by atoms with Crippen LogP contribution < -0.4 is 14.8 Å². The number of rotatable bonds is 8. The lowest BCUT2D eigenvalue weighted by Crippen LogP contribution is -2.38. The number of carbonyl (C=O) groups excluding carboxylic acids is 1. The fourth-order valence-corrected chi connectivity index (χ4v) is 2.21. The van der Waals surface area contributed by atoms with Gasteiger partial charge in [0.2, 0.25) is 0 Å². The molecule has 2 rings (SSSR count). The van der Waals surface area contributed by atoms with Crippen molar-refractivity contribution in [3.8, 4) is 11.5 Å². The van der Waals surface area contributed by atoms with Crippen molar-refractivity contribution >= 4 is 12.0 Å². The Morgan fingerprint density at radius 1 is 1.42 bits per heavy atom. The van der Waals surface area contributed by atoms with Gasteiger partial charge >= 0.3 is 0 Å². The number of hydrogen-bond acceptors (Lipinski definition) is 5. The summed E-state index contributed by atoms with van der Waals surface area (Å²) in [7, 11) is 1.57. The number of allylic oxidation sites excluding steroid dienone is 1. The minimum atomic E-state index is -0.206. The molecule has 1 N–H and O–H groups in total. The zero-order chi connectivity index (χ0) is 17.4. The fourth-order valence-electron chi connectivity index (χ4n) is 2.21. The zero-order valence-corrected chi connectivity index (χ0v) is 14.1. The van der Waals surface area contributed by atoms with Gasteiger partial charge in [-0.15, -0.1) is 0 Å². The number of nitrogens with zero attached hydrogens (tertiary/aromatic N) is 3. The second-order valence-electron chi connectivity index (χ2n) is 5.29. The van der Waals surface area contributed by atoms with Crippen LogP contribution in [0.4, 0.5) is 0 Å². The molecule has 1 atom stereocenters. The molecule has 1 amide bonds. The average molecular weight is 330 g/mol. The van der Waals surface area contributed by atoms with Gasteiger partial charge < -0.3 is 14.8 Å². The summed E-state index contributed by atoms with van der Waals surface area (Å²) >= 11 is 0. The monoisotopic (exact) mass is 330 g/mol. The maximum absolute atomic E-state index is 12.0. The maximum atomic E-state index is 12.0. The van der Waals surface area contributed by atoms with Gasteiger partial charge in [0.25, 0.3) is 5.91 Å². The van der Waals surface area contributed by atoms with E-state index in [0.717, 1.165) is 5.56 Å². The van der Waals surface area contributed by atoms with E-state index in [0.29, 0.717) is 18.0 Å². The second-order valence-corrected chi connectivity index (χ2v) is 5.29. The molecule has 1 heterocycles. The number of nitrogens with one attached hydrogen (secondary N) is 1. The molecule has 0 spiro atoms. The molecule has 24 heavy (non-hydrogen) atoms. The predicted molar refractivity (Wildman–Crippen MR) is 90.8 cm³/mol. The van der Waals surface area contributed by atoms with Crippen molar-refractivity contribution in [2.45, 2.75) is 26.4 Å². The summed E-state index contributed by atoms with van der Waals surface area (Å²) in [6.07, 6.45) is 6.97. The van der Waals surface area contributed by atoms with Gasteiger partial charge in [-0.2, -0.15) is 5.10 Å². The highest BCUT2D eigenvalue weighted by Crippen LogP contribution is 2.28. The van der Waals surface area contributed by atoms with Gasteiger partial charge in [0, 0.05) is 6.04 Å². The van der Waals surface area contributed by atoms with Crippen molar-refractivity contribution < 1.29 is 14.3 Å². The topological polar surface area (TPSA) is 78.3 Å². The molecule has 1 aromatic carbocycles.